The summed E-state index contributed by atoms with van der Waals surface area (Å²) in [5.74, 6) is 0. The predicted molar refractivity (Wildman–Crippen MR) is 61.2 cm³/mol. The molecule has 72 valence electrons. The zero-order chi connectivity index (χ0) is 9.84. The summed E-state index contributed by atoms with van der Waals surface area (Å²) in [4.78, 5) is 1.31. The van der Waals surface area contributed by atoms with Crippen LogP contribution in [0.2, 0.25) is 0 Å². The van der Waals surface area contributed by atoms with E-state index in [0.717, 1.165) is 5.69 Å². The Kier molecular flexibility index (Phi) is 3.67. The van der Waals surface area contributed by atoms with Gasteiger partial charge in [0.25, 0.3) is 0 Å². The van der Waals surface area contributed by atoms with Gasteiger partial charge in [-0.1, -0.05) is 19.9 Å². The molecule has 1 atom stereocenters. The fraction of sp³-hybridized carbons (Fsp3) is 0.455. The van der Waals surface area contributed by atoms with Gasteiger partial charge in [-0.25, -0.2) is 0 Å². The number of nitrogens with two attached hydrogens (primary N) is 1. The minimum Gasteiger partial charge on any atom is -0.399 e. The lowest BCUT2D eigenvalue weighted by molar-refractivity contribution is 0.905. The van der Waals surface area contributed by atoms with Crippen molar-refractivity contribution in [1.82, 2.24) is 0 Å². The molecule has 0 aliphatic carbocycles. The lowest BCUT2D eigenvalue weighted by atomic mass is 10.2. The maximum Gasteiger partial charge on any atom is 0.0325 e. The summed E-state index contributed by atoms with van der Waals surface area (Å²) >= 11 is 1.90. The van der Waals surface area contributed by atoms with E-state index in [2.05, 4.69) is 32.9 Å². The largest absolute Gasteiger partial charge is 0.399 e. The van der Waals surface area contributed by atoms with Crippen LogP contribution in [0, 0.1) is 6.92 Å². The van der Waals surface area contributed by atoms with Gasteiger partial charge >= 0.3 is 0 Å². The third kappa shape index (κ3) is 2.96. The minimum atomic E-state index is 0.667. The molecule has 0 aliphatic rings. The normalized spacial score (nSPS) is 12.8. The second kappa shape index (κ2) is 4.56. The molecule has 0 spiro atoms. The van der Waals surface area contributed by atoms with Crippen molar-refractivity contribution in [3.05, 3.63) is 23.8 Å². The van der Waals surface area contributed by atoms with Crippen LogP contribution in [0.5, 0.6) is 0 Å². The molecule has 0 heterocycles. The Morgan fingerprint density at radius 2 is 2.15 bits per heavy atom. The van der Waals surface area contributed by atoms with Gasteiger partial charge in [0.2, 0.25) is 0 Å². The second-order valence-electron chi connectivity index (χ2n) is 3.36. The first-order valence-electron chi connectivity index (χ1n) is 4.66. The van der Waals surface area contributed by atoms with E-state index in [1.807, 2.05) is 17.8 Å². The summed E-state index contributed by atoms with van der Waals surface area (Å²) in [6, 6.07) is 6.10. The summed E-state index contributed by atoms with van der Waals surface area (Å²) in [6.45, 7) is 6.58. The third-order valence-electron chi connectivity index (χ3n) is 2.12. The summed E-state index contributed by atoms with van der Waals surface area (Å²) in [6.07, 6.45) is 1.19. The molecular formula is C11H17NS. The van der Waals surface area contributed by atoms with E-state index >= 15 is 0 Å². The summed E-state index contributed by atoms with van der Waals surface area (Å²) in [7, 11) is 0. The SMILES string of the molecule is CCC(C)Sc1cc(N)ccc1C. The van der Waals surface area contributed by atoms with Crippen LogP contribution in [-0.4, -0.2) is 5.25 Å². The van der Waals surface area contributed by atoms with E-state index in [1.54, 1.807) is 0 Å². The number of hydrogen-bond donors (Lipinski definition) is 1. The smallest absolute Gasteiger partial charge is 0.0325 e. The lowest BCUT2D eigenvalue weighted by Gasteiger charge is -2.11. The molecule has 2 N–H and O–H groups in total. The van der Waals surface area contributed by atoms with Crippen molar-refractivity contribution in [2.75, 3.05) is 5.73 Å². The summed E-state index contributed by atoms with van der Waals surface area (Å²) < 4.78 is 0. The van der Waals surface area contributed by atoms with E-state index in [1.165, 1.54) is 16.9 Å². The Labute approximate surface area is 84.7 Å². The van der Waals surface area contributed by atoms with Gasteiger partial charge in [0.15, 0.2) is 0 Å². The Balaban J connectivity index is 2.81. The van der Waals surface area contributed by atoms with Crippen LogP contribution in [0.4, 0.5) is 5.69 Å². The van der Waals surface area contributed by atoms with E-state index in [9.17, 15) is 0 Å². The lowest BCUT2D eigenvalue weighted by Crippen LogP contribution is -1.94. The maximum absolute atomic E-state index is 5.73. The molecule has 1 rings (SSSR count). The maximum atomic E-state index is 5.73. The van der Waals surface area contributed by atoms with Crippen LogP contribution in [0.3, 0.4) is 0 Å². The van der Waals surface area contributed by atoms with Crippen molar-refractivity contribution >= 4 is 17.4 Å². The number of rotatable bonds is 3. The van der Waals surface area contributed by atoms with Crippen LogP contribution in [0.25, 0.3) is 0 Å². The highest BCUT2D eigenvalue weighted by atomic mass is 32.2. The van der Waals surface area contributed by atoms with Gasteiger partial charge in [0.05, 0.1) is 0 Å². The van der Waals surface area contributed by atoms with Crippen LogP contribution in [0.15, 0.2) is 23.1 Å². The number of anilines is 1. The van der Waals surface area contributed by atoms with Crippen molar-refractivity contribution in [2.45, 2.75) is 37.3 Å². The Morgan fingerprint density at radius 1 is 1.46 bits per heavy atom. The van der Waals surface area contributed by atoms with Crippen molar-refractivity contribution in [1.29, 1.82) is 0 Å². The van der Waals surface area contributed by atoms with Crippen LogP contribution >= 0.6 is 11.8 Å². The van der Waals surface area contributed by atoms with E-state index in [-0.39, 0.29) is 0 Å². The van der Waals surface area contributed by atoms with E-state index < -0.39 is 0 Å². The average Bonchev–Trinajstić information content (AvgIpc) is 2.11. The third-order valence-corrected chi connectivity index (χ3v) is 3.54. The zero-order valence-electron chi connectivity index (χ0n) is 8.50. The Morgan fingerprint density at radius 3 is 2.77 bits per heavy atom. The first-order valence-corrected chi connectivity index (χ1v) is 5.54. The van der Waals surface area contributed by atoms with E-state index in [4.69, 9.17) is 5.73 Å². The van der Waals surface area contributed by atoms with Gasteiger partial charge in [-0.05, 0) is 31.0 Å². The Bertz CT molecular complexity index is 283. The number of hydrogen-bond acceptors (Lipinski definition) is 2. The molecule has 0 fully saturated rings. The van der Waals surface area contributed by atoms with Crippen molar-refractivity contribution in [3.63, 3.8) is 0 Å². The first-order chi connectivity index (χ1) is 6.13. The van der Waals surface area contributed by atoms with Gasteiger partial charge in [0, 0.05) is 15.8 Å². The van der Waals surface area contributed by atoms with E-state index in [0.29, 0.717) is 5.25 Å². The van der Waals surface area contributed by atoms with Crippen LogP contribution < -0.4 is 5.73 Å². The molecule has 0 saturated heterocycles. The fourth-order valence-electron chi connectivity index (χ4n) is 1.04. The molecule has 0 bridgehead atoms. The number of aryl methyl sites for hydroxylation is 1. The summed E-state index contributed by atoms with van der Waals surface area (Å²) in [5.41, 5.74) is 7.91. The number of nitrogen functional groups attached to an aromatic ring is 1. The highest BCUT2D eigenvalue weighted by Crippen LogP contribution is 2.29. The quantitative estimate of drug-likeness (QED) is 0.590. The zero-order valence-corrected chi connectivity index (χ0v) is 9.32. The predicted octanol–water partition coefficient (Wildman–Crippen LogP) is 3.47. The Hall–Kier alpha value is -0.630. The molecular weight excluding hydrogens is 178 g/mol. The standard InChI is InChI=1S/C11H17NS/c1-4-9(3)13-11-7-10(12)6-5-8(11)2/h5-7,9H,4,12H2,1-3H3. The highest BCUT2D eigenvalue weighted by molar-refractivity contribution is 8.00. The topological polar surface area (TPSA) is 26.0 Å². The van der Waals surface area contributed by atoms with Crippen molar-refractivity contribution < 1.29 is 0 Å². The van der Waals surface area contributed by atoms with Crippen LogP contribution in [-0.2, 0) is 0 Å². The first kappa shape index (κ1) is 10.5. The fourth-order valence-corrected chi connectivity index (χ4v) is 2.10. The number of benzene rings is 1. The molecule has 0 amide bonds. The average molecular weight is 195 g/mol. The molecule has 0 saturated carbocycles. The second-order valence-corrected chi connectivity index (χ2v) is 4.84. The van der Waals surface area contributed by atoms with Gasteiger partial charge in [0.1, 0.15) is 0 Å². The molecule has 1 aromatic rings. The van der Waals surface area contributed by atoms with Gasteiger partial charge in [-0.15, -0.1) is 11.8 Å². The van der Waals surface area contributed by atoms with Crippen molar-refractivity contribution in [3.8, 4) is 0 Å². The molecule has 1 nitrogen and oxygen atoms in total. The van der Waals surface area contributed by atoms with Gasteiger partial charge < -0.3 is 5.73 Å². The summed E-state index contributed by atoms with van der Waals surface area (Å²) in [5, 5.41) is 0.667. The molecule has 0 aliphatic heterocycles. The molecule has 2 heteroatoms. The molecule has 0 radical (unpaired) electrons. The minimum absolute atomic E-state index is 0.667. The molecule has 1 aromatic carbocycles. The molecule has 1 unspecified atom stereocenters. The van der Waals surface area contributed by atoms with Crippen LogP contribution in [0.1, 0.15) is 25.8 Å². The molecule has 13 heavy (non-hydrogen) atoms. The number of thioether (sulfide) groups is 1. The van der Waals surface area contributed by atoms with Gasteiger partial charge in [-0.3, -0.25) is 0 Å². The monoisotopic (exact) mass is 195 g/mol. The highest BCUT2D eigenvalue weighted by Gasteiger charge is 2.04. The van der Waals surface area contributed by atoms with Crippen molar-refractivity contribution in [2.24, 2.45) is 0 Å². The van der Waals surface area contributed by atoms with Gasteiger partial charge in [-0.2, -0.15) is 0 Å². The molecule has 0 aromatic heterocycles.